The summed E-state index contributed by atoms with van der Waals surface area (Å²) in [6.45, 7) is -3.55. The van der Waals surface area contributed by atoms with Crippen LogP contribution in [0.4, 0.5) is 0 Å². The molecule has 0 unspecified atom stereocenters. The van der Waals surface area contributed by atoms with Crippen LogP contribution in [0.3, 0.4) is 0 Å². The zero-order valence-corrected chi connectivity index (χ0v) is 38.9. The average molecular weight is 1070 g/mol. The molecule has 0 bridgehead atoms. The van der Waals surface area contributed by atoms with Crippen molar-refractivity contribution in [3.8, 4) is 0 Å². The first-order valence-electron chi connectivity index (χ1n) is 23.1. The van der Waals surface area contributed by atoms with Gasteiger partial charge in [0.2, 0.25) is 11.8 Å². The van der Waals surface area contributed by atoms with Crippen LogP contribution < -0.4 is 10.6 Å². The summed E-state index contributed by atoms with van der Waals surface area (Å²) in [4.78, 5) is 25.0. The van der Waals surface area contributed by atoms with Crippen LogP contribution in [0.2, 0.25) is 0 Å². The zero-order valence-electron chi connectivity index (χ0n) is 38.9. The van der Waals surface area contributed by atoms with E-state index in [1.54, 1.807) is 0 Å². The molecule has 20 N–H and O–H groups in total. The van der Waals surface area contributed by atoms with E-state index < -0.39 is 236 Å². The number of ether oxygens (including phenoxy) is 11. The largest absolute Gasteiger partial charge is 0.394 e. The highest BCUT2D eigenvalue weighted by Crippen LogP contribution is 2.36. The van der Waals surface area contributed by atoms with Gasteiger partial charge in [-0.15, -0.1) is 0 Å². The highest BCUT2D eigenvalue weighted by molar-refractivity contribution is 5.73. The third-order valence-electron chi connectivity index (χ3n) is 13.2. The molecule has 30 atom stereocenters. The van der Waals surface area contributed by atoms with E-state index in [0.29, 0.717) is 0 Å². The summed E-state index contributed by atoms with van der Waals surface area (Å²) in [6.07, 6.45) is -53.2. The lowest BCUT2D eigenvalue weighted by Crippen LogP contribution is -2.70. The van der Waals surface area contributed by atoms with Gasteiger partial charge in [0.15, 0.2) is 37.7 Å². The summed E-state index contributed by atoms with van der Waals surface area (Å²) in [5.41, 5.74) is 0. The maximum atomic E-state index is 12.6. The highest BCUT2D eigenvalue weighted by Gasteiger charge is 2.57. The molecule has 424 valence electrons. The molecule has 0 aromatic carbocycles. The van der Waals surface area contributed by atoms with Crippen LogP contribution in [0.1, 0.15) is 13.8 Å². The first kappa shape index (κ1) is 60.0. The molecule has 6 fully saturated rings. The van der Waals surface area contributed by atoms with Crippen molar-refractivity contribution in [3.05, 3.63) is 0 Å². The van der Waals surface area contributed by atoms with Crippen molar-refractivity contribution in [2.24, 2.45) is 0 Å². The molecule has 73 heavy (non-hydrogen) atoms. The molecule has 33 nitrogen and oxygen atoms in total. The molecule has 0 spiro atoms. The maximum absolute atomic E-state index is 12.6. The van der Waals surface area contributed by atoms with Gasteiger partial charge >= 0.3 is 0 Å². The minimum atomic E-state index is -2.26. The van der Waals surface area contributed by atoms with Crippen LogP contribution in [0, 0.1) is 0 Å². The van der Waals surface area contributed by atoms with Crippen LogP contribution in [-0.2, 0) is 61.7 Å². The molecule has 0 radical (unpaired) electrons. The van der Waals surface area contributed by atoms with Crippen molar-refractivity contribution in [2.75, 3.05) is 39.6 Å². The number of hydrogen-bond donors (Lipinski definition) is 20. The van der Waals surface area contributed by atoms with Gasteiger partial charge in [-0.25, -0.2) is 0 Å². The van der Waals surface area contributed by atoms with E-state index in [9.17, 15) is 102 Å². The smallest absolute Gasteiger partial charge is 0.217 e. The van der Waals surface area contributed by atoms with E-state index in [4.69, 9.17) is 52.1 Å². The average Bonchev–Trinajstić information content (AvgIpc) is 3.36. The second-order valence-electron chi connectivity index (χ2n) is 18.3. The van der Waals surface area contributed by atoms with Crippen molar-refractivity contribution < 1.29 is 154 Å². The molecule has 6 aliphatic heterocycles. The van der Waals surface area contributed by atoms with E-state index in [0.717, 1.165) is 13.8 Å². The Morgan fingerprint density at radius 3 is 1.18 bits per heavy atom. The topological polar surface area (TPSA) is 524 Å². The minimum absolute atomic E-state index is 0.798. The maximum Gasteiger partial charge on any atom is 0.217 e. The summed E-state index contributed by atoms with van der Waals surface area (Å²) < 4.78 is 62.7. The Hall–Kier alpha value is -2.22. The van der Waals surface area contributed by atoms with Crippen molar-refractivity contribution in [3.63, 3.8) is 0 Å². The fourth-order valence-corrected chi connectivity index (χ4v) is 9.20. The van der Waals surface area contributed by atoms with Gasteiger partial charge in [-0.2, -0.15) is 0 Å². The van der Waals surface area contributed by atoms with Crippen LogP contribution in [0.15, 0.2) is 0 Å². The second kappa shape index (κ2) is 26.0. The molecular weight excluding hydrogens is 1000 g/mol. The Labute approximate surface area is 413 Å². The molecule has 33 heteroatoms. The Bertz CT molecular complexity index is 1740. The number of aliphatic hydroxyl groups is 18. The van der Waals surface area contributed by atoms with Crippen molar-refractivity contribution in [2.45, 2.75) is 198 Å². The number of aliphatic hydroxyl groups excluding tert-OH is 18. The fraction of sp³-hybridized carbons (Fsp3) is 0.950. The summed E-state index contributed by atoms with van der Waals surface area (Å²) in [6, 6.07) is -3.45. The van der Waals surface area contributed by atoms with Crippen LogP contribution in [-0.4, -0.2) is 327 Å². The number of carbonyl (C=O) groups excluding carboxylic acids is 2. The molecule has 0 saturated carbocycles. The third-order valence-corrected chi connectivity index (χ3v) is 13.2. The first-order valence-corrected chi connectivity index (χ1v) is 23.1. The number of hydrogen-bond acceptors (Lipinski definition) is 31. The van der Waals surface area contributed by atoms with Gasteiger partial charge in [0.25, 0.3) is 0 Å². The van der Waals surface area contributed by atoms with Crippen LogP contribution >= 0.6 is 0 Å². The quantitative estimate of drug-likeness (QED) is 0.0606. The molecule has 6 heterocycles. The van der Waals surface area contributed by atoms with Gasteiger partial charge in [-0.3, -0.25) is 9.59 Å². The Kier molecular flexibility index (Phi) is 21.3. The summed E-state index contributed by atoms with van der Waals surface area (Å²) >= 11 is 0. The standard InChI is InChI=1S/C40H68N2O31/c1-9(48)41-17-23(54)31(70-38-28(59)25(56)19(50)11(3-43)65-38)14(6-46)67-36(17)63-8-16-21(52)27(58)34(40(69-16)72-33-22(53)13(5-45)64-35(62)30(33)61)73-37-18(42-10(2)49)24(55)32(15(7-47)68-37)71-39-29(60)26(57)20(51)12(4-44)66-39/h11-40,43-47,50-62H,3-8H2,1-2H3,(H,41,48)(H,42,49)/t11-,12-,13-,14-,15-,16-,17-,18-,19+,20+,21-,22-,23-,24-,25+,26+,27+,28-,29-,30+,31-,32-,33+,34+,35-,36-,37+,38+,39+,40-/m1/s1. The van der Waals surface area contributed by atoms with Gasteiger partial charge in [0.1, 0.15) is 146 Å². The highest BCUT2D eigenvalue weighted by atomic mass is 16.8. The number of amides is 2. The molecule has 0 aromatic rings. The SMILES string of the molecule is CC(=O)N[C@H]1[C@H](OC[C@H]2O[C@H](O[C@@H]3[C@H](O)[C@H](O)O[C@H](CO)[C@H]3O)[C@@H](O[C@@H]3O[C@H](CO)[C@@H](O[C@@H]4O[C@H](CO)[C@H](O)[C@H](O)[C@H]4O)[C@H](O)[C@H]3NC(C)=O)[C@@H](O)[C@@H]2O)O[C@H](CO)[C@@H](O[C@@H]2O[C@H](CO)[C@H](O)[C@H](O)[C@H]2O)[C@@H]1O. The van der Waals surface area contributed by atoms with Gasteiger partial charge in [0, 0.05) is 13.8 Å². The molecule has 6 rings (SSSR count). The lowest BCUT2D eigenvalue weighted by molar-refractivity contribution is -0.390. The van der Waals surface area contributed by atoms with Crippen LogP contribution in [0.5, 0.6) is 0 Å². The Morgan fingerprint density at radius 2 is 0.726 bits per heavy atom. The Morgan fingerprint density at radius 1 is 0.356 bits per heavy atom. The van der Waals surface area contributed by atoms with Gasteiger partial charge in [-0.1, -0.05) is 0 Å². The van der Waals surface area contributed by atoms with E-state index in [1.165, 1.54) is 0 Å². The molecule has 2 amide bonds. The van der Waals surface area contributed by atoms with E-state index >= 15 is 0 Å². The molecule has 0 aromatic heterocycles. The molecular formula is C40H68N2O31. The first-order chi connectivity index (χ1) is 34.5. The molecule has 0 aliphatic carbocycles. The predicted octanol–water partition coefficient (Wildman–Crippen LogP) is -13.8. The third kappa shape index (κ3) is 13.0. The number of carbonyl (C=O) groups is 2. The predicted molar refractivity (Wildman–Crippen MR) is 222 cm³/mol. The van der Waals surface area contributed by atoms with E-state index in [1.807, 2.05) is 0 Å². The van der Waals surface area contributed by atoms with Crippen LogP contribution in [0.25, 0.3) is 0 Å². The zero-order chi connectivity index (χ0) is 53.9. The lowest BCUT2D eigenvalue weighted by Gasteiger charge is -2.50. The molecule has 6 aliphatic rings. The second-order valence-corrected chi connectivity index (χ2v) is 18.3. The van der Waals surface area contributed by atoms with Crippen molar-refractivity contribution in [1.82, 2.24) is 10.6 Å². The van der Waals surface area contributed by atoms with Gasteiger partial charge < -0.3 is 155 Å². The summed E-state index contributed by atoms with van der Waals surface area (Å²) in [5, 5.41) is 196. The van der Waals surface area contributed by atoms with E-state index in [2.05, 4.69) is 10.6 Å². The summed E-state index contributed by atoms with van der Waals surface area (Å²) in [5.74, 6) is -1.66. The van der Waals surface area contributed by atoms with Gasteiger partial charge in [0.05, 0.1) is 39.6 Å². The lowest BCUT2D eigenvalue weighted by atomic mass is 9.94. The number of rotatable bonds is 18. The monoisotopic (exact) mass is 1070 g/mol. The summed E-state index contributed by atoms with van der Waals surface area (Å²) in [7, 11) is 0. The van der Waals surface area contributed by atoms with Gasteiger partial charge in [-0.05, 0) is 0 Å². The Balaban J connectivity index is 1.25. The normalized spacial score (nSPS) is 49.8. The van der Waals surface area contributed by atoms with Crippen molar-refractivity contribution in [1.29, 1.82) is 0 Å². The number of nitrogens with one attached hydrogen (secondary N) is 2. The molecule has 6 saturated heterocycles. The van der Waals surface area contributed by atoms with Crippen molar-refractivity contribution >= 4 is 11.8 Å². The fourth-order valence-electron chi connectivity index (χ4n) is 9.20. The minimum Gasteiger partial charge on any atom is -0.394 e. The van der Waals surface area contributed by atoms with E-state index in [-0.39, 0.29) is 0 Å².